The molecule has 0 amide bonds. The predicted molar refractivity (Wildman–Crippen MR) is 67.8 cm³/mol. The van der Waals surface area contributed by atoms with E-state index >= 15 is 0 Å². The molecule has 0 radical (unpaired) electrons. The Labute approximate surface area is 105 Å². The predicted octanol–water partition coefficient (Wildman–Crippen LogP) is 3.24. The first-order valence-corrected chi connectivity index (χ1v) is 5.98. The van der Waals surface area contributed by atoms with Crippen molar-refractivity contribution in [2.75, 3.05) is 0 Å². The average molecular weight is 246 g/mol. The Hall–Kier alpha value is -1.54. The van der Waals surface area contributed by atoms with Gasteiger partial charge in [-0.1, -0.05) is 17.7 Å². The van der Waals surface area contributed by atoms with Crippen molar-refractivity contribution in [2.24, 2.45) is 0 Å². The van der Waals surface area contributed by atoms with Crippen molar-refractivity contribution in [3.05, 3.63) is 57.9 Å². The van der Waals surface area contributed by atoms with Gasteiger partial charge in [-0.2, -0.15) is 0 Å². The molecule has 0 bridgehead atoms. The van der Waals surface area contributed by atoms with Crippen LogP contribution in [0.15, 0.2) is 30.5 Å². The number of fused-ring (bicyclic) bond motifs is 2. The average Bonchev–Trinajstić information content (AvgIpc) is 2.58. The third-order valence-corrected chi connectivity index (χ3v) is 3.41. The van der Waals surface area contributed by atoms with Crippen LogP contribution in [-0.2, 0) is 13.0 Å². The van der Waals surface area contributed by atoms with E-state index in [1.807, 2.05) is 42.0 Å². The van der Waals surface area contributed by atoms with Crippen molar-refractivity contribution < 1.29 is 4.79 Å². The molecule has 0 atom stereocenters. The molecule has 3 rings (SSSR count). The van der Waals surface area contributed by atoms with E-state index in [0.717, 1.165) is 34.0 Å². The molecule has 17 heavy (non-hydrogen) atoms. The summed E-state index contributed by atoms with van der Waals surface area (Å²) in [7, 11) is 0. The molecular formula is C14H12ClNO. The molecular weight excluding hydrogens is 234 g/mol. The lowest BCUT2D eigenvalue weighted by Crippen LogP contribution is -2.05. The minimum Gasteiger partial charge on any atom is -0.340 e. The quantitative estimate of drug-likeness (QED) is 0.699. The highest BCUT2D eigenvalue weighted by atomic mass is 35.5. The molecule has 0 saturated heterocycles. The molecule has 0 aliphatic carbocycles. The van der Waals surface area contributed by atoms with E-state index in [1.165, 1.54) is 0 Å². The van der Waals surface area contributed by atoms with Gasteiger partial charge in [0, 0.05) is 24.2 Å². The first kappa shape index (κ1) is 10.6. The van der Waals surface area contributed by atoms with Crippen LogP contribution in [0.2, 0.25) is 5.02 Å². The van der Waals surface area contributed by atoms with Crippen LogP contribution >= 0.6 is 11.6 Å². The summed E-state index contributed by atoms with van der Waals surface area (Å²) in [6.07, 6.45) is 2.49. The number of Topliss-reactive ketones (excluding diaryl/α,β-unsaturated/α-hetero) is 1. The smallest absolute Gasteiger partial charge is 0.183 e. The van der Waals surface area contributed by atoms with Crippen molar-refractivity contribution >= 4 is 17.4 Å². The molecule has 2 nitrogen and oxygen atoms in total. The van der Waals surface area contributed by atoms with Crippen molar-refractivity contribution in [2.45, 2.75) is 19.9 Å². The monoisotopic (exact) mass is 245 g/mol. The second-order valence-corrected chi connectivity index (χ2v) is 4.98. The molecule has 86 valence electrons. The summed E-state index contributed by atoms with van der Waals surface area (Å²) in [4.78, 5) is 12.1. The zero-order valence-corrected chi connectivity index (χ0v) is 10.3. The normalized spacial score (nSPS) is 14.1. The van der Waals surface area contributed by atoms with Gasteiger partial charge in [0.1, 0.15) is 0 Å². The van der Waals surface area contributed by atoms with Gasteiger partial charge < -0.3 is 4.57 Å². The SMILES string of the molecule is Cc1cc2n(c1)Cc1cc(Cl)ccc1CC2=O. The Kier molecular flexibility index (Phi) is 2.33. The van der Waals surface area contributed by atoms with Crippen LogP contribution in [0.4, 0.5) is 0 Å². The number of carbonyl (C=O) groups is 1. The van der Waals surface area contributed by atoms with E-state index in [2.05, 4.69) is 0 Å². The van der Waals surface area contributed by atoms with E-state index < -0.39 is 0 Å². The van der Waals surface area contributed by atoms with Crippen LogP contribution in [0.3, 0.4) is 0 Å². The maximum atomic E-state index is 12.1. The lowest BCUT2D eigenvalue weighted by Gasteiger charge is -2.06. The lowest BCUT2D eigenvalue weighted by molar-refractivity contribution is 0.0986. The van der Waals surface area contributed by atoms with Crippen LogP contribution in [0.5, 0.6) is 0 Å². The number of aryl methyl sites for hydroxylation is 1. The number of carbonyl (C=O) groups excluding carboxylic acids is 1. The zero-order valence-electron chi connectivity index (χ0n) is 9.53. The highest BCUT2D eigenvalue weighted by Gasteiger charge is 2.19. The van der Waals surface area contributed by atoms with Gasteiger partial charge in [-0.15, -0.1) is 0 Å². The van der Waals surface area contributed by atoms with Crippen LogP contribution in [-0.4, -0.2) is 10.4 Å². The summed E-state index contributed by atoms with van der Waals surface area (Å²) in [5, 5.41) is 0.725. The molecule has 1 aromatic carbocycles. The molecule has 2 heterocycles. The van der Waals surface area contributed by atoms with E-state index in [4.69, 9.17) is 11.6 Å². The van der Waals surface area contributed by atoms with Crippen molar-refractivity contribution in [3.63, 3.8) is 0 Å². The molecule has 0 unspecified atom stereocenters. The van der Waals surface area contributed by atoms with Gasteiger partial charge in [0.15, 0.2) is 5.78 Å². The highest BCUT2D eigenvalue weighted by molar-refractivity contribution is 6.30. The molecule has 1 aliphatic heterocycles. The summed E-state index contributed by atoms with van der Waals surface area (Å²) in [5.74, 6) is 0.180. The number of benzene rings is 1. The lowest BCUT2D eigenvalue weighted by atomic mass is 10.0. The number of aromatic nitrogens is 1. The first-order valence-electron chi connectivity index (χ1n) is 5.61. The van der Waals surface area contributed by atoms with Crippen molar-refractivity contribution in [1.82, 2.24) is 4.57 Å². The number of halogens is 1. The van der Waals surface area contributed by atoms with Gasteiger partial charge in [-0.25, -0.2) is 0 Å². The molecule has 3 heteroatoms. The van der Waals surface area contributed by atoms with Crippen molar-refractivity contribution in [3.8, 4) is 0 Å². The number of hydrogen-bond donors (Lipinski definition) is 0. The van der Waals surface area contributed by atoms with Gasteiger partial charge >= 0.3 is 0 Å². The maximum Gasteiger partial charge on any atom is 0.183 e. The fourth-order valence-electron chi connectivity index (χ4n) is 2.38. The van der Waals surface area contributed by atoms with Crippen LogP contribution < -0.4 is 0 Å². The zero-order chi connectivity index (χ0) is 12.0. The van der Waals surface area contributed by atoms with Gasteiger partial charge in [0.05, 0.1) is 5.69 Å². The largest absolute Gasteiger partial charge is 0.340 e. The maximum absolute atomic E-state index is 12.1. The van der Waals surface area contributed by atoms with Gasteiger partial charge in [0.25, 0.3) is 0 Å². The van der Waals surface area contributed by atoms with E-state index in [1.54, 1.807) is 0 Å². The molecule has 0 spiro atoms. The first-order chi connectivity index (χ1) is 8.13. The standard InChI is InChI=1S/C14H12ClNO/c1-9-4-13-14(17)6-10-2-3-12(15)5-11(10)8-16(13)7-9/h2-5,7H,6,8H2,1H3. The summed E-state index contributed by atoms with van der Waals surface area (Å²) < 4.78 is 2.01. The number of rotatable bonds is 0. The molecule has 0 fully saturated rings. The highest BCUT2D eigenvalue weighted by Crippen LogP contribution is 2.24. The van der Waals surface area contributed by atoms with Gasteiger partial charge in [0.2, 0.25) is 0 Å². The second kappa shape index (κ2) is 3.74. The Morgan fingerprint density at radius 1 is 1.24 bits per heavy atom. The number of nitrogens with zero attached hydrogens (tertiary/aromatic N) is 1. The molecule has 1 aliphatic rings. The van der Waals surface area contributed by atoms with Crippen LogP contribution in [0.1, 0.15) is 27.2 Å². The van der Waals surface area contributed by atoms with Gasteiger partial charge in [-0.3, -0.25) is 4.79 Å². The third-order valence-electron chi connectivity index (χ3n) is 3.18. The summed E-state index contributed by atoms with van der Waals surface area (Å²) >= 11 is 6.00. The molecule has 2 aromatic rings. The summed E-state index contributed by atoms with van der Waals surface area (Å²) in [6.45, 7) is 2.73. The third kappa shape index (κ3) is 1.79. The Morgan fingerprint density at radius 3 is 2.88 bits per heavy atom. The van der Waals surface area contributed by atoms with E-state index in [9.17, 15) is 4.79 Å². The molecule has 1 aromatic heterocycles. The fourth-order valence-corrected chi connectivity index (χ4v) is 2.58. The Bertz CT molecular complexity index is 613. The molecule has 0 N–H and O–H groups in total. The molecule has 0 saturated carbocycles. The topological polar surface area (TPSA) is 22.0 Å². The summed E-state index contributed by atoms with van der Waals surface area (Å²) in [5.41, 5.74) is 4.15. The van der Waals surface area contributed by atoms with Crippen LogP contribution in [0.25, 0.3) is 0 Å². The van der Waals surface area contributed by atoms with E-state index in [-0.39, 0.29) is 5.78 Å². The number of hydrogen-bond acceptors (Lipinski definition) is 1. The second-order valence-electron chi connectivity index (χ2n) is 4.54. The Balaban J connectivity index is 2.16. The van der Waals surface area contributed by atoms with Crippen LogP contribution in [0, 0.1) is 6.92 Å². The fraction of sp³-hybridized carbons (Fsp3) is 0.214. The summed E-state index contributed by atoms with van der Waals surface area (Å²) in [6, 6.07) is 7.71. The Morgan fingerprint density at radius 2 is 2.06 bits per heavy atom. The van der Waals surface area contributed by atoms with Gasteiger partial charge in [-0.05, 0) is 41.8 Å². The minimum absolute atomic E-state index is 0.180. The number of ketones is 1. The van der Waals surface area contributed by atoms with Crippen molar-refractivity contribution in [1.29, 1.82) is 0 Å². The minimum atomic E-state index is 0.180. The van der Waals surface area contributed by atoms with E-state index in [0.29, 0.717) is 6.42 Å².